The molecule has 1 aliphatic rings. The van der Waals surface area contributed by atoms with E-state index in [1.807, 2.05) is 0 Å². The van der Waals surface area contributed by atoms with E-state index in [0.717, 1.165) is 0 Å². The number of carbonyl (C=O) groups excluding carboxylic acids is 1. The number of aromatic amines is 1. The maximum absolute atomic E-state index is 11.9. The molecule has 18 heavy (non-hydrogen) atoms. The lowest BCUT2D eigenvalue weighted by Crippen LogP contribution is -2.13. The van der Waals surface area contributed by atoms with Gasteiger partial charge in [-0.05, 0) is 19.1 Å². The summed E-state index contributed by atoms with van der Waals surface area (Å²) in [5, 5.41) is 12.7. The Labute approximate surface area is 102 Å². The van der Waals surface area contributed by atoms with Crippen LogP contribution in [0.4, 0.5) is 5.69 Å². The summed E-state index contributed by atoms with van der Waals surface area (Å²) in [7, 11) is 0. The van der Waals surface area contributed by atoms with Crippen LogP contribution >= 0.6 is 0 Å². The Balaban J connectivity index is 1.81. The van der Waals surface area contributed by atoms with Gasteiger partial charge in [-0.1, -0.05) is 0 Å². The fraction of sp³-hybridized carbons (Fsp3) is 0.182. The summed E-state index contributed by atoms with van der Waals surface area (Å²) >= 11 is 0. The zero-order chi connectivity index (χ0) is 12.5. The topological polar surface area (TPSA) is 89.1 Å². The molecule has 0 bridgehead atoms. The van der Waals surface area contributed by atoms with Gasteiger partial charge >= 0.3 is 0 Å². The molecule has 3 rings (SSSR count). The first-order valence-electron chi connectivity index (χ1n) is 5.32. The molecule has 2 aromatic rings. The van der Waals surface area contributed by atoms with Crippen molar-refractivity contribution in [3.05, 3.63) is 29.6 Å². The number of aromatic nitrogens is 3. The fourth-order valence-corrected chi connectivity index (χ4v) is 1.66. The molecule has 0 atom stereocenters. The lowest BCUT2D eigenvalue weighted by molar-refractivity contribution is 0.102. The molecule has 7 heteroatoms. The van der Waals surface area contributed by atoms with E-state index in [9.17, 15) is 4.79 Å². The maximum Gasteiger partial charge on any atom is 0.278 e. The van der Waals surface area contributed by atoms with Gasteiger partial charge in [-0.2, -0.15) is 15.4 Å². The van der Waals surface area contributed by atoms with Crippen molar-refractivity contribution in [3.8, 4) is 11.5 Å². The van der Waals surface area contributed by atoms with Crippen LogP contribution in [0.25, 0.3) is 0 Å². The number of ether oxygens (including phenoxy) is 2. The molecule has 0 saturated heterocycles. The maximum atomic E-state index is 11.9. The summed E-state index contributed by atoms with van der Waals surface area (Å²) in [6.07, 6.45) is 0. The second-order valence-electron chi connectivity index (χ2n) is 3.78. The predicted molar refractivity (Wildman–Crippen MR) is 61.6 cm³/mol. The molecule has 0 aliphatic carbocycles. The van der Waals surface area contributed by atoms with Crippen molar-refractivity contribution in [3.63, 3.8) is 0 Å². The van der Waals surface area contributed by atoms with Crippen LogP contribution in [0.2, 0.25) is 0 Å². The fourth-order valence-electron chi connectivity index (χ4n) is 1.66. The van der Waals surface area contributed by atoms with Crippen molar-refractivity contribution in [1.29, 1.82) is 0 Å². The molecule has 2 N–H and O–H groups in total. The lowest BCUT2D eigenvalue weighted by Gasteiger charge is -2.04. The van der Waals surface area contributed by atoms with Crippen LogP contribution in [0.1, 0.15) is 16.2 Å². The number of amides is 1. The molecule has 1 aromatic carbocycles. The lowest BCUT2D eigenvalue weighted by atomic mass is 10.2. The molecule has 2 heterocycles. The number of nitrogens with zero attached hydrogens (tertiary/aromatic N) is 2. The molecule has 0 fully saturated rings. The van der Waals surface area contributed by atoms with Crippen LogP contribution in [0.3, 0.4) is 0 Å². The molecule has 1 aliphatic heterocycles. The third kappa shape index (κ3) is 1.75. The Kier molecular flexibility index (Phi) is 2.36. The smallest absolute Gasteiger partial charge is 0.278 e. The molecule has 7 nitrogen and oxygen atoms in total. The second kappa shape index (κ2) is 4.02. The van der Waals surface area contributed by atoms with E-state index >= 15 is 0 Å². The molecule has 1 aromatic heterocycles. The summed E-state index contributed by atoms with van der Waals surface area (Å²) in [6.45, 7) is 1.91. The standard InChI is InChI=1S/C11H10N4O3/c1-6-10(14-15-13-6)11(16)12-7-2-3-8-9(4-7)18-5-17-8/h2-4H,5H2,1H3,(H,12,16)(H,13,14,15). The van der Waals surface area contributed by atoms with Crippen molar-refractivity contribution in [1.82, 2.24) is 15.4 Å². The quantitative estimate of drug-likeness (QED) is 0.828. The van der Waals surface area contributed by atoms with Crippen LogP contribution in [0.15, 0.2) is 18.2 Å². The highest BCUT2D eigenvalue weighted by Gasteiger charge is 2.16. The van der Waals surface area contributed by atoms with E-state index in [1.165, 1.54) is 0 Å². The summed E-state index contributed by atoms with van der Waals surface area (Å²) in [5.74, 6) is 0.968. The Hall–Kier alpha value is -2.57. The van der Waals surface area contributed by atoms with Gasteiger partial charge in [0.15, 0.2) is 17.2 Å². The van der Waals surface area contributed by atoms with Gasteiger partial charge in [0.2, 0.25) is 6.79 Å². The minimum atomic E-state index is -0.319. The SMILES string of the molecule is Cc1n[nH]nc1C(=O)Nc1ccc2c(c1)OCO2. The van der Waals surface area contributed by atoms with Crippen molar-refractivity contribution >= 4 is 11.6 Å². The molecular formula is C11H10N4O3. The summed E-state index contributed by atoms with van der Waals surface area (Å²) in [4.78, 5) is 11.9. The molecule has 1 amide bonds. The van der Waals surface area contributed by atoms with Gasteiger partial charge < -0.3 is 14.8 Å². The van der Waals surface area contributed by atoms with Crippen LogP contribution in [0.5, 0.6) is 11.5 Å². The largest absolute Gasteiger partial charge is 0.454 e. The number of aryl methyl sites for hydroxylation is 1. The molecule has 0 radical (unpaired) electrons. The molecule has 0 unspecified atom stereocenters. The summed E-state index contributed by atoms with van der Waals surface area (Å²) in [5.41, 5.74) is 1.44. The molecule has 0 saturated carbocycles. The van der Waals surface area contributed by atoms with Crippen molar-refractivity contribution in [2.24, 2.45) is 0 Å². The highest BCUT2D eigenvalue weighted by atomic mass is 16.7. The number of fused-ring (bicyclic) bond motifs is 1. The molecule has 92 valence electrons. The number of nitrogens with one attached hydrogen (secondary N) is 2. The normalized spacial score (nSPS) is 12.5. The van der Waals surface area contributed by atoms with Crippen LogP contribution < -0.4 is 14.8 Å². The zero-order valence-electron chi connectivity index (χ0n) is 9.56. The van der Waals surface area contributed by atoms with E-state index in [0.29, 0.717) is 22.9 Å². The number of carbonyl (C=O) groups is 1. The Morgan fingerprint density at radius 3 is 2.94 bits per heavy atom. The number of rotatable bonds is 2. The third-order valence-corrected chi connectivity index (χ3v) is 2.57. The van der Waals surface area contributed by atoms with E-state index in [2.05, 4.69) is 20.7 Å². The van der Waals surface area contributed by atoms with Gasteiger partial charge in [-0.15, -0.1) is 0 Å². The summed E-state index contributed by atoms with van der Waals surface area (Å²) < 4.78 is 10.4. The first kappa shape index (κ1) is 10.6. The van der Waals surface area contributed by atoms with Gasteiger partial charge in [0, 0.05) is 11.8 Å². The number of hydrogen-bond acceptors (Lipinski definition) is 5. The van der Waals surface area contributed by atoms with E-state index in [-0.39, 0.29) is 18.4 Å². The van der Waals surface area contributed by atoms with Crippen molar-refractivity contribution in [2.75, 3.05) is 12.1 Å². The van der Waals surface area contributed by atoms with E-state index < -0.39 is 0 Å². The number of anilines is 1. The summed E-state index contributed by atoms with van der Waals surface area (Å²) in [6, 6.07) is 5.18. The van der Waals surface area contributed by atoms with Crippen molar-refractivity contribution < 1.29 is 14.3 Å². The van der Waals surface area contributed by atoms with Gasteiger partial charge in [0.25, 0.3) is 5.91 Å². The Morgan fingerprint density at radius 1 is 1.33 bits per heavy atom. The van der Waals surface area contributed by atoms with Crippen LogP contribution in [-0.2, 0) is 0 Å². The first-order valence-corrected chi connectivity index (χ1v) is 5.32. The Morgan fingerprint density at radius 2 is 2.17 bits per heavy atom. The average Bonchev–Trinajstić information content (AvgIpc) is 2.96. The third-order valence-electron chi connectivity index (χ3n) is 2.57. The minimum absolute atomic E-state index is 0.203. The second-order valence-corrected chi connectivity index (χ2v) is 3.78. The van der Waals surface area contributed by atoms with Crippen LogP contribution in [0, 0.1) is 6.92 Å². The zero-order valence-corrected chi connectivity index (χ0v) is 9.56. The average molecular weight is 246 g/mol. The number of H-pyrrole nitrogens is 1. The number of benzene rings is 1. The van der Waals surface area contributed by atoms with Gasteiger partial charge in [0.05, 0.1) is 5.69 Å². The number of hydrogen-bond donors (Lipinski definition) is 2. The first-order chi connectivity index (χ1) is 8.74. The highest BCUT2D eigenvalue weighted by Crippen LogP contribution is 2.34. The Bertz CT molecular complexity index is 608. The van der Waals surface area contributed by atoms with E-state index in [4.69, 9.17) is 9.47 Å². The van der Waals surface area contributed by atoms with Crippen molar-refractivity contribution in [2.45, 2.75) is 6.92 Å². The molecular weight excluding hydrogens is 236 g/mol. The highest BCUT2D eigenvalue weighted by molar-refractivity contribution is 6.03. The van der Waals surface area contributed by atoms with Gasteiger partial charge in [0.1, 0.15) is 0 Å². The van der Waals surface area contributed by atoms with Gasteiger partial charge in [-0.3, -0.25) is 4.79 Å². The molecule has 0 spiro atoms. The predicted octanol–water partition coefficient (Wildman–Crippen LogP) is 1.09. The van der Waals surface area contributed by atoms with E-state index in [1.54, 1.807) is 25.1 Å². The minimum Gasteiger partial charge on any atom is -0.454 e. The van der Waals surface area contributed by atoms with Gasteiger partial charge in [-0.25, -0.2) is 0 Å². The monoisotopic (exact) mass is 246 g/mol. The van der Waals surface area contributed by atoms with Crippen LogP contribution in [-0.4, -0.2) is 28.1 Å².